The normalized spacial score (nSPS) is 52.5. The van der Waals surface area contributed by atoms with Gasteiger partial charge in [-0.2, -0.15) is 0 Å². The Kier molecular flexibility index (Phi) is 1.79. The lowest BCUT2D eigenvalue weighted by molar-refractivity contribution is 0.0827. The van der Waals surface area contributed by atoms with E-state index in [1.54, 1.807) is 5.57 Å². The molecule has 0 aromatic rings. The van der Waals surface area contributed by atoms with Gasteiger partial charge in [-0.25, -0.2) is 0 Å². The molecule has 84 valence electrons. The topological polar surface area (TPSA) is 0 Å². The van der Waals surface area contributed by atoms with E-state index < -0.39 is 0 Å². The van der Waals surface area contributed by atoms with Gasteiger partial charge in [0.05, 0.1) is 0 Å². The molecule has 0 aromatic heterocycles. The molecule has 3 aliphatic carbocycles. The summed E-state index contributed by atoms with van der Waals surface area (Å²) in [6.07, 6.45) is 8.40. The van der Waals surface area contributed by atoms with Crippen molar-refractivity contribution in [1.82, 2.24) is 0 Å². The Balaban J connectivity index is 2.12. The monoisotopic (exact) mass is 204 g/mol. The molecule has 15 heavy (non-hydrogen) atoms. The molecule has 0 aromatic carbocycles. The third-order valence-corrected chi connectivity index (χ3v) is 6.24. The van der Waals surface area contributed by atoms with Crippen molar-refractivity contribution in [3.8, 4) is 0 Å². The fraction of sp³-hybridized carbons (Fsp3) is 0.867. The van der Waals surface area contributed by atoms with E-state index in [0.717, 1.165) is 17.8 Å². The Bertz CT molecular complexity index is 325. The Morgan fingerprint density at radius 3 is 2.67 bits per heavy atom. The van der Waals surface area contributed by atoms with Crippen molar-refractivity contribution in [2.45, 2.75) is 53.4 Å². The minimum Gasteiger partial charge on any atom is -0.0850 e. The molecule has 3 aliphatic rings. The van der Waals surface area contributed by atoms with Crippen molar-refractivity contribution in [1.29, 1.82) is 0 Å². The fourth-order valence-electron chi connectivity index (χ4n) is 5.45. The van der Waals surface area contributed by atoms with Gasteiger partial charge in [0, 0.05) is 0 Å². The predicted octanol–water partition coefficient (Wildman–Crippen LogP) is 4.42. The standard InChI is InChI=1S/C15H24/c1-10(2)15-8-7-14(4)9-12(15)11(3)5-6-13(14)15/h5,10,12-13H,6-9H2,1-4H3/t12-,13+,14-,15+/m1/s1. The zero-order valence-corrected chi connectivity index (χ0v) is 10.6. The summed E-state index contributed by atoms with van der Waals surface area (Å²) in [4.78, 5) is 0. The Morgan fingerprint density at radius 2 is 2.07 bits per heavy atom. The minimum absolute atomic E-state index is 0.684. The van der Waals surface area contributed by atoms with Crippen molar-refractivity contribution in [3.63, 3.8) is 0 Å². The number of allylic oxidation sites excluding steroid dienone is 2. The Hall–Kier alpha value is -0.260. The van der Waals surface area contributed by atoms with Gasteiger partial charge in [-0.15, -0.1) is 0 Å². The van der Waals surface area contributed by atoms with Crippen LogP contribution in [-0.2, 0) is 0 Å². The lowest BCUT2D eigenvalue weighted by atomic mass is 9.59. The van der Waals surface area contributed by atoms with E-state index in [9.17, 15) is 0 Å². The van der Waals surface area contributed by atoms with E-state index in [0.29, 0.717) is 10.8 Å². The van der Waals surface area contributed by atoms with Crippen LogP contribution in [0.25, 0.3) is 0 Å². The highest BCUT2D eigenvalue weighted by Gasteiger charge is 2.66. The van der Waals surface area contributed by atoms with Gasteiger partial charge in [0.15, 0.2) is 0 Å². The van der Waals surface area contributed by atoms with E-state index >= 15 is 0 Å². The highest BCUT2D eigenvalue weighted by atomic mass is 14.7. The van der Waals surface area contributed by atoms with Gasteiger partial charge in [0.25, 0.3) is 0 Å². The van der Waals surface area contributed by atoms with Crippen LogP contribution in [0.2, 0.25) is 0 Å². The van der Waals surface area contributed by atoms with Crippen LogP contribution in [0.4, 0.5) is 0 Å². The van der Waals surface area contributed by atoms with Crippen LogP contribution in [0, 0.1) is 28.6 Å². The molecule has 2 fully saturated rings. The SMILES string of the molecule is CC1=CC[C@H]2[C@]3(C)CC[C@]2(C(C)C)[C@@H]1C3. The molecule has 0 aliphatic heterocycles. The second-order valence-corrected chi connectivity index (χ2v) is 6.91. The summed E-state index contributed by atoms with van der Waals surface area (Å²) in [5.74, 6) is 2.80. The third kappa shape index (κ3) is 0.946. The van der Waals surface area contributed by atoms with Gasteiger partial charge in [-0.1, -0.05) is 32.4 Å². The molecule has 0 N–H and O–H groups in total. The summed E-state index contributed by atoms with van der Waals surface area (Å²) < 4.78 is 0. The van der Waals surface area contributed by atoms with Crippen LogP contribution in [0.3, 0.4) is 0 Å². The Labute approximate surface area is 94.1 Å². The minimum atomic E-state index is 0.684. The zero-order chi connectivity index (χ0) is 10.8. The number of hydrogen-bond acceptors (Lipinski definition) is 0. The summed E-state index contributed by atoms with van der Waals surface area (Å²) in [6, 6.07) is 0. The molecular weight excluding hydrogens is 180 g/mol. The van der Waals surface area contributed by atoms with Crippen LogP contribution >= 0.6 is 0 Å². The van der Waals surface area contributed by atoms with Crippen molar-refractivity contribution in [2.75, 3.05) is 0 Å². The van der Waals surface area contributed by atoms with Crippen LogP contribution < -0.4 is 0 Å². The maximum Gasteiger partial charge on any atom is -0.0139 e. The molecule has 0 unspecified atom stereocenters. The van der Waals surface area contributed by atoms with Crippen molar-refractivity contribution in [2.24, 2.45) is 28.6 Å². The van der Waals surface area contributed by atoms with Crippen molar-refractivity contribution >= 4 is 0 Å². The third-order valence-electron chi connectivity index (χ3n) is 6.24. The molecule has 0 radical (unpaired) electrons. The van der Waals surface area contributed by atoms with Crippen molar-refractivity contribution in [3.05, 3.63) is 11.6 Å². The maximum absolute atomic E-state index is 2.56. The predicted molar refractivity (Wildman–Crippen MR) is 64.6 cm³/mol. The second-order valence-electron chi connectivity index (χ2n) is 6.91. The van der Waals surface area contributed by atoms with E-state index in [2.05, 4.69) is 33.8 Å². The number of hydrogen-bond donors (Lipinski definition) is 0. The van der Waals surface area contributed by atoms with Gasteiger partial charge in [0.1, 0.15) is 0 Å². The molecule has 0 amide bonds. The molecule has 0 nitrogen and oxygen atoms in total. The molecule has 0 spiro atoms. The molecule has 4 atom stereocenters. The van der Waals surface area contributed by atoms with E-state index in [1.165, 1.54) is 25.7 Å². The first kappa shape index (κ1) is 9.93. The summed E-state index contributed by atoms with van der Waals surface area (Å²) >= 11 is 0. The Morgan fingerprint density at radius 1 is 1.33 bits per heavy atom. The van der Waals surface area contributed by atoms with Gasteiger partial charge in [0.2, 0.25) is 0 Å². The summed E-state index contributed by atoms with van der Waals surface area (Å²) in [6.45, 7) is 9.88. The maximum atomic E-state index is 2.56. The molecule has 2 saturated carbocycles. The van der Waals surface area contributed by atoms with E-state index in [-0.39, 0.29) is 0 Å². The first-order valence-corrected chi connectivity index (χ1v) is 6.67. The van der Waals surface area contributed by atoms with Crippen LogP contribution in [-0.4, -0.2) is 0 Å². The molecule has 3 rings (SSSR count). The average Bonchev–Trinajstić information content (AvgIpc) is 2.56. The van der Waals surface area contributed by atoms with Gasteiger partial charge < -0.3 is 0 Å². The lowest BCUT2D eigenvalue weighted by Gasteiger charge is -2.45. The van der Waals surface area contributed by atoms with Gasteiger partial charge in [-0.05, 0) is 61.2 Å². The zero-order valence-electron chi connectivity index (χ0n) is 10.6. The van der Waals surface area contributed by atoms with Gasteiger partial charge >= 0.3 is 0 Å². The molecule has 4 bridgehead atoms. The fourth-order valence-corrected chi connectivity index (χ4v) is 5.45. The second kappa shape index (κ2) is 2.70. The van der Waals surface area contributed by atoms with Crippen LogP contribution in [0.5, 0.6) is 0 Å². The van der Waals surface area contributed by atoms with E-state index in [4.69, 9.17) is 0 Å². The average molecular weight is 204 g/mol. The summed E-state index contributed by atoms with van der Waals surface area (Å²) in [5.41, 5.74) is 3.08. The summed E-state index contributed by atoms with van der Waals surface area (Å²) in [5, 5.41) is 0. The van der Waals surface area contributed by atoms with Crippen LogP contribution in [0.1, 0.15) is 53.4 Å². The quantitative estimate of drug-likeness (QED) is 0.555. The highest BCUT2D eigenvalue weighted by Crippen LogP contribution is 2.74. The molecule has 0 heteroatoms. The largest absolute Gasteiger partial charge is 0.0850 e. The highest BCUT2D eigenvalue weighted by molar-refractivity contribution is 5.27. The first-order valence-electron chi connectivity index (χ1n) is 6.67. The molecule has 0 heterocycles. The molecule has 0 saturated heterocycles. The van der Waals surface area contributed by atoms with Gasteiger partial charge in [-0.3, -0.25) is 0 Å². The van der Waals surface area contributed by atoms with E-state index in [1.807, 2.05) is 0 Å². The molecular formula is C15H24. The smallest absolute Gasteiger partial charge is 0.0139 e. The first-order chi connectivity index (χ1) is 7.01. The van der Waals surface area contributed by atoms with Crippen LogP contribution in [0.15, 0.2) is 11.6 Å². The van der Waals surface area contributed by atoms with Crippen molar-refractivity contribution < 1.29 is 0 Å². The number of rotatable bonds is 1. The lowest BCUT2D eigenvalue weighted by Crippen LogP contribution is -2.38. The summed E-state index contributed by atoms with van der Waals surface area (Å²) in [7, 11) is 0.